The summed E-state index contributed by atoms with van der Waals surface area (Å²) in [6.07, 6.45) is 0.798. The van der Waals surface area contributed by atoms with Gasteiger partial charge in [-0.25, -0.2) is 9.37 Å². The minimum absolute atomic E-state index is 0.328. The molecule has 0 saturated carbocycles. The van der Waals surface area contributed by atoms with Crippen LogP contribution >= 0.6 is 0 Å². The molecule has 0 bridgehead atoms. The number of hydrogen-bond donors (Lipinski definition) is 1. The summed E-state index contributed by atoms with van der Waals surface area (Å²) in [5, 5.41) is 0. The smallest absolute Gasteiger partial charge is 0.219 e. The Balaban J connectivity index is 2.34. The van der Waals surface area contributed by atoms with Crippen LogP contribution in [0.2, 0.25) is 0 Å². The van der Waals surface area contributed by atoms with Gasteiger partial charge in [-0.3, -0.25) is 0 Å². The molecular formula is C15H17FN2O. The largest absolute Gasteiger partial charge is 0.439 e. The third kappa shape index (κ3) is 3.29. The first-order valence-electron chi connectivity index (χ1n) is 6.26. The number of ether oxygens (including phenoxy) is 1. The maximum atomic E-state index is 13.2. The van der Waals surface area contributed by atoms with Crippen molar-refractivity contribution in [1.82, 2.24) is 4.98 Å². The molecule has 1 heterocycles. The fourth-order valence-electron chi connectivity index (χ4n) is 1.77. The summed E-state index contributed by atoms with van der Waals surface area (Å²) < 4.78 is 18.9. The highest BCUT2D eigenvalue weighted by atomic mass is 19.1. The van der Waals surface area contributed by atoms with E-state index in [9.17, 15) is 4.39 Å². The van der Waals surface area contributed by atoms with Gasteiger partial charge in [0, 0.05) is 24.4 Å². The zero-order valence-electron chi connectivity index (χ0n) is 11.1. The van der Waals surface area contributed by atoms with Crippen molar-refractivity contribution in [2.75, 3.05) is 0 Å². The molecule has 0 saturated heterocycles. The van der Waals surface area contributed by atoms with Gasteiger partial charge < -0.3 is 10.5 Å². The van der Waals surface area contributed by atoms with Crippen molar-refractivity contribution in [1.29, 1.82) is 0 Å². The number of nitrogens with zero attached hydrogens (tertiary/aromatic N) is 1. The predicted molar refractivity (Wildman–Crippen MR) is 72.7 cm³/mol. The molecule has 3 nitrogen and oxygen atoms in total. The van der Waals surface area contributed by atoms with Gasteiger partial charge in [0.25, 0.3) is 0 Å². The van der Waals surface area contributed by atoms with Gasteiger partial charge in [0.1, 0.15) is 11.6 Å². The van der Waals surface area contributed by atoms with E-state index in [-0.39, 0.29) is 5.82 Å². The van der Waals surface area contributed by atoms with Crippen LogP contribution in [0.4, 0.5) is 4.39 Å². The zero-order chi connectivity index (χ0) is 13.8. The van der Waals surface area contributed by atoms with Crippen molar-refractivity contribution in [2.24, 2.45) is 5.73 Å². The number of aryl methyl sites for hydroxylation is 2. The first kappa shape index (κ1) is 13.5. The normalized spacial score (nSPS) is 10.5. The Hall–Kier alpha value is -1.94. The minimum atomic E-state index is -0.328. The van der Waals surface area contributed by atoms with Gasteiger partial charge >= 0.3 is 0 Å². The summed E-state index contributed by atoms with van der Waals surface area (Å²) in [7, 11) is 0. The van der Waals surface area contributed by atoms with Gasteiger partial charge in [0.2, 0.25) is 5.88 Å². The molecule has 1 aromatic carbocycles. The SMILES string of the molecule is CCc1cc(CN)cc(Oc2cc(F)ccc2C)n1. The predicted octanol–water partition coefficient (Wildman–Crippen LogP) is 3.34. The summed E-state index contributed by atoms with van der Waals surface area (Å²) in [6, 6.07) is 8.17. The fraction of sp³-hybridized carbons (Fsp3) is 0.267. The maximum absolute atomic E-state index is 13.2. The van der Waals surface area contributed by atoms with Crippen LogP contribution in [0.3, 0.4) is 0 Å². The number of rotatable bonds is 4. The number of nitrogens with two attached hydrogens (primary N) is 1. The van der Waals surface area contributed by atoms with E-state index >= 15 is 0 Å². The van der Waals surface area contributed by atoms with E-state index in [0.717, 1.165) is 23.2 Å². The molecule has 19 heavy (non-hydrogen) atoms. The first-order chi connectivity index (χ1) is 9.12. The summed E-state index contributed by atoms with van der Waals surface area (Å²) in [4.78, 5) is 4.37. The summed E-state index contributed by atoms with van der Waals surface area (Å²) >= 11 is 0. The summed E-state index contributed by atoms with van der Waals surface area (Å²) in [5.41, 5.74) is 8.37. The molecule has 1 aromatic heterocycles. The van der Waals surface area contributed by atoms with Crippen LogP contribution in [0, 0.1) is 12.7 Å². The maximum Gasteiger partial charge on any atom is 0.219 e. The Kier molecular flexibility index (Phi) is 4.12. The average Bonchev–Trinajstić information content (AvgIpc) is 2.42. The highest BCUT2D eigenvalue weighted by Crippen LogP contribution is 2.25. The number of pyridine rings is 1. The zero-order valence-corrected chi connectivity index (χ0v) is 11.1. The minimum Gasteiger partial charge on any atom is -0.439 e. The molecule has 0 fully saturated rings. The molecule has 2 N–H and O–H groups in total. The lowest BCUT2D eigenvalue weighted by Crippen LogP contribution is -2.01. The molecule has 0 unspecified atom stereocenters. The van der Waals surface area contributed by atoms with Crippen molar-refractivity contribution in [2.45, 2.75) is 26.8 Å². The molecule has 0 amide bonds. The number of hydrogen-bond acceptors (Lipinski definition) is 3. The fourth-order valence-corrected chi connectivity index (χ4v) is 1.77. The molecule has 0 aliphatic carbocycles. The van der Waals surface area contributed by atoms with E-state index in [1.165, 1.54) is 12.1 Å². The lowest BCUT2D eigenvalue weighted by Gasteiger charge is -2.10. The number of halogens is 1. The van der Waals surface area contributed by atoms with E-state index in [1.807, 2.05) is 19.9 Å². The Morgan fingerprint density at radius 2 is 2.05 bits per heavy atom. The van der Waals surface area contributed by atoms with E-state index in [0.29, 0.717) is 18.2 Å². The second-order valence-corrected chi connectivity index (χ2v) is 4.37. The van der Waals surface area contributed by atoms with Gasteiger partial charge in [-0.15, -0.1) is 0 Å². The van der Waals surface area contributed by atoms with Gasteiger partial charge in [0.05, 0.1) is 0 Å². The van der Waals surface area contributed by atoms with Gasteiger partial charge in [-0.05, 0) is 36.6 Å². The first-order valence-corrected chi connectivity index (χ1v) is 6.26. The highest BCUT2D eigenvalue weighted by Gasteiger charge is 2.07. The van der Waals surface area contributed by atoms with E-state index in [2.05, 4.69) is 4.98 Å². The highest BCUT2D eigenvalue weighted by molar-refractivity contribution is 5.36. The van der Waals surface area contributed by atoms with Crippen molar-refractivity contribution in [3.8, 4) is 11.6 Å². The Bertz CT molecular complexity index is 562. The van der Waals surface area contributed by atoms with Crippen LogP contribution in [0.5, 0.6) is 11.6 Å². The van der Waals surface area contributed by atoms with Crippen LogP contribution in [-0.4, -0.2) is 4.98 Å². The second kappa shape index (κ2) is 5.80. The standard InChI is InChI=1S/C15H17FN2O/c1-3-13-6-11(9-17)7-15(18-13)19-14-8-12(16)5-4-10(14)2/h4-8H,3,9,17H2,1-2H3. The van der Waals surface area contributed by atoms with Gasteiger partial charge in [-0.1, -0.05) is 13.0 Å². The van der Waals surface area contributed by atoms with Gasteiger partial charge in [-0.2, -0.15) is 0 Å². The summed E-state index contributed by atoms with van der Waals surface area (Å²) in [5.74, 6) is 0.600. The second-order valence-electron chi connectivity index (χ2n) is 4.37. The molecule has 0 aliphatic heterocycles. The molecule has 0 atom stereocenters. The molecule has 2 rings (SSSR count). The van der Waals surface area contributed by atoms with E-state index in [1.54, 1.807) is 12.1 Å². The molecule has 0 radical (unpaired) electrons. The van der Waals surface area contributed by atoms with Crippen molar-refractivity contribution in [3.63, 3.8) is 0 Å². The quantitative estimate of drug-likeness (QED) is 0.917. The van der Waals surface area contributed by atoms with E-state index < -0.39 is 0 Å². The average molecular weight is 260 g/mol. The Labute approximate surface area is 112 Å². The third-order valence-electron chi connectivity index (χ3n) is 2.88. The lowest BCUT2D eigenvalue weighted by molar-refractivity contribution is 0.452. The van der Waals surface area contributed by atoms with Crippen LogP contribution in [0.1, 0.15) is 23.7 Å². The third-order valence-corrected chi connectivity index (χ3v) is 2.88. The van der Waals surface area contributed by atoms with Crippen molar-refractivity contribution >= 4 is 0 Å². The van der Waals surface area contributed by atoms with Crippen molar-refractivity contribution < 1.29 is 9.13 Å². The van der Waals surface area contributed by atoms with Crippen molar-refractivity contribution in [3.05, 3.63) is 53.0 Å². The van der Waals surface area contributed by atoms with E-state index in [4.69, 9.17) is 10.5 Å². The Morgan fingerprint density at radius 3 is 2.74 bits per heavy atom. The Morgan fingerprint density at radius 1 is 1.26 bits per heavy atom. The molecule has 0 spiro atoms. The lowest BCUT2D eigenvalue weighted by atomic mass is 10.2. The van der Waals surface area contributed by atoms with Crippen LogP contribution < -0.4 is 10.5 Å². The number of benzene rings is 1. The van der Waals surface area contributed by atoms with Crippen LogP contribution in [-0.2, 0) is 13.0 Å². The molecule has 100 valence electrons. The molecule has 4 heteroatoms. The monoisotopic (exact) mass is 260 g/mol. The number of aromatic nitrogens is 1. The van der Waals surface area contributed by atoms with Gasteiger partial charge in [0.15, 0.2) is 0 Å². The molecule has 2 aromatic rings. The van der Waals surface area contributed by atoms with Crippen LogP contribution in [0.15, 0.2) is 30.3 Å². The molecule has 0 aliphatic rings. The topological polar surface area (TPSA) is 48.1 Å². The summed E-state index contributed by atoms with van der Waals surface area (Å²) in [6.45, 7) is 4.30. The molecular weight excluding hydrogens is 243 g/mol. The van der Waals surface area contributed by atoms with Crippen LogP contribution in [0.25, 0.3) is 0 Å².